The molecule has 2 N–H and O–H groups in total. The number of halogens is 1. The molecule has 1 aliphatic carbocycles. The van der Waals surface area contributed by atoms with Crippen LogP contribution >= 0.6 is 40.1 Å². The summed E-state index contributed by atoms with van der Waals surface area (Å²) in [7, 11) is 0. The van der Waals surface area contributed by atoms with Gasteiger partial charge in [0.2, 0.25) is 5.28 Å². The van der Waals surface area contributed by atoms with Gasteiger partial charge in [-0.25, -0.2) is 9.97 Å². The Morgan fingerprint density at radius 2 is 1.53 bits per heavy atom. The van der Waals surface area contributed by atoms with E-state index in [1.165, 1.54) is 22.8 Å². The zero-order valence-electron chi connectivity index (χ0n) is 28.3. The summed E-state index contributed by atoms with van der Waals surface area (Å²) in [6.45, 7) is 7.23. The molecule has 5 heterocycles. The van der Waals surface area contributed by atoms with Gasteiger partial charge in [-0.05, 0) is 92.7 Å². The molecular weight excluding hydrogens is 737 g/mol. The van der Waals surface area contributed by atoms with Gasteiger partial charge in [-0.1, -0.05) is 36.4 Å². The van der Waals surface area contributed by atoms with Crippen LogP contribution in [0, 0.1) is 11.3 Å². The number of fused-ring (bicyclic) bond motifs is 3. The number of rotatable bonds is 10. The molecule has 1 saturated carbocycles. The highest BCUT2D eigenvalue weighted by Crippen LogP contribution is 2.74. The summed E-state index contributed by atoms with van der Waals surface area (Å²) < 4.78 is 55.8. The number of aromatic nitrogens is 4. The first kappa shape index (κ1) is 35.7. The highest BCUT2D eigenvalue weighted by molar-refractivity contribution is 8.89. The number of aliphatic hydroxyl groups excluding tert-OH is 1. The van der Waals surface area contributed by atoms with Crippen molar-refractivity contribution in [1.82, 2.24) is 19.1 Å². The first-order valence-corrected chi connectivity index (χ1v) is 21.6. The molecule has 2 aromatic heterocycles. The fourth-order valence-corrected chi connectivity index (χ4v) is 14.2. The Balaban J connectivity index is 1.08. The zero-order chi connectivity index (χ0) is 35.7. The maximum Gasteiger partial charge on any atom is 0.322 e. The van der Waals surface area contributed by atoms with Crippen LogP contribution in [0.1, 0.15) is 46.4 Å². The van der Waals surface area contributed by atoms with Crippen LogP contribution in [0.15, 0.2) is 76.8 Å². The summed E-state index contributed by atoms with van der Waals surface area (Å²) in [6, 6.07) is 18.7. The van der Waals surface area contributed by atoms with E-state index in [-0.39, 0.29) is 53.7 Å². The quantitative estimate of drug-likeness (QED) is 0.133. The SMILES string of the molecule is CC1(C)O[C@@H]2[C@@H](CO)C[C@@H](n3cnc4c(nc(Cl)n4[C@@H]4O[C@H](COP(=O)(Sc5ccccc5)Sc5ccccc5)[C@H]5OC(C)(C)O[C@H]54)c3=N)[C@@H]2O1. The first-order chi connectivity index (χ1) is 24.3. The van der Waals surface area contributed by atoms with Gasteiger partial charge in [0.1, 0.15) is 24.4 Å². The highest BCUT2D eigenvalue weighted by Gasteiger charge is 2.58. The molecule has 4 aromatic rings. The van der Waals surface area contributed by atoms with Gasteiger partial charge in [-0.3, -0.25) is 14.5 Å². The van der Waals surface area contributed by atoms with Crippen molar-refractivity contribution in [3.8, 4) is 0 Å². The Morgan fingerprint density at radius 1 is 0.941 bits per heavy atom. The third-order valence-corrected chi connectivity index (χ3v) is 16.2. The summed E-state index contributed by atoms with van der Waals surface area (Å²) in [5.74, 6) is -5.33. The second-order valence-corrected chi connectivity index (χ2v) is 21.4. The number of benzene rings is 2. The summed E-state index contributed by atoms with van der Waals surface area (Å²) in [5.41, 5.74) is 0.694. The van der Waals surface area contributed by atoms with Crippen molar-refractivity contribution in [1.29, 1.82) is 5.41 Å². The molecule has 8 atom stereocenters. The number of ether oxygens (including phenoxy) is 5. The molecule has 4 fully saturated rings. The average molecular weight is 776 g/mol. The standard InChI is InChI=1S/C34H39ClN5O8PS2/c1-33(2)45-25-19(16-41)15-22(26(25)46-33)39-18-37-30-24(29(39)36)38-32(35)40(30)31-28-27(47-34(3,4)48-28)23(44-31)17-43-49(42,50-20-11-7-5-8-12-20)51-21-13-9-6-10-14-21/h5-14,18-19,22-23,25-28,31,36,41H,15-17H2,1-4H3/t19-,22-,23-,25-,26+,27-,28-,31-/m1/s1. The number of hydrogen-bond donors (Lipinski definition) is 2. The van der Waals surface area contributed by atoms with Crippen LogP contribution in [0.2, 0.25) is 5.28 Å². The van der Waals surface area contributed by atoms with Crippen molar-refractivity contribution in [2.24, 2.45) is 5.92 Å². The first-order valence-electron chi connectivity index (χ1n) is 16.7. The van der Waals surface area contributed by atoms with Crippen LogP contribution in [0.3, 0.4) is 0 Å². The number of imidazole rings is 1. The zero-order valence-corrected chi connectivity index (χ0v) is 31.6. The summed E-state index contributed by atoms with van der Waals surface area (Å²) >= 11 is 9.20. The molecule has 2 aromatic carbocycles. The molecule has 272 valence electrons. The lowest BCUT2D eigenvalue weighted by Crippen LogP contribution is -2.34. The van der Waals surface area contributed by atoms with E-state index in [1.807, 2.05) is 88.4 Å². The maximum atomic E-state index is 14.5. The molecule has 3 saturated heterocycles. The topological polar surface area (TPSA) is 152 Å². The minimum atomic E-state index is -3.42. The lowest BCUT2D eigenvalue weighted by molar-refractivity contribution is -0.198. The number of nitrogens with one attached hydrogen (secondary N) is 1. The predicted molar refractivity (Wildman–Crippen MR) is 190 cm³/mol. The van der Waals surface area contributed by atoms with Crippen LogP contribution in [0.5, 0.6) is 0 Å². The van der Waals surface area contributed by atoms with Crippen LogP contribution < -0.4 is 5.49 Å². The van der Waals surface area contributed by atoms with Crippen molar-refractivity contribution in [3.05, 3.63) is 77.8 Å². The van der Waals surface area contributed by atoms with Crippen molar-refractivity contribution in [3.63, 3.8) is 0 Å². The molecular formula is C34H39ClN5O8PS2. The molecule has 0 spiro atoms. The van der Waals surface area contributed by atoms with Crippen LogP contribution in [-0.4, -0.2) is 79.5 Å². The van der Waals surface area contributed by atoms with Crippen molar-refractivity contribution in [2.45, 2.75) is 98.3 Å². The normalized spacial score (nSPS) is 30.9. The van der Waals surface area contributed by atoms with Crippen molar-refractivity contribution in [2.75, 3.05) is 13.2 Å². The van der Waals surface area contributed by atoms with Gasteiger partial charge in [0, 0.05) is 22.3 Å². The minimum absolute atomic E-state index is 0.0515. The fourth-order valence-electron chi connectivity index (χ4n) is 7.42. The molecule has 3 aliphatic heterocycles. The average Bonchev–Trinajstić information content (AvgIpc) is 3.85. The molecule has 4 aliphatic rings. The summed E-state index contributed by atoms with van der Waals surface area (Å²) in [6.07, 6.45) is -1.30. The van der Waals surface area contributed by atoms with Gasteiger partial charge < -0.3 is 37.9 Å². The summed E-state index contributed by atoms with van der Waals surface area (Å²) in [5, 5.41) is 19.4. The predicted octanol–water partition coefficient (Wildman–Crippen LogP) is 6.57. The lowest BCUT2D eigenvalue weighted by Gasteiger charge is -2.26. The number of hydrogen-bond acceptors (Lipinski definition) is 13. The molecule has 51 heavy (non-hydrogen) atoms. The van der Waals surface area contributed by atoms with Gasteiger partial charge in [-0.2, -0.15) is 0 Å². The Bertz CT molecular complexity index is 1970. The van der Waals surface area contributed by atoms with E-state index < -0.39 is 41.9 Å². The third-order valence-electron chi connectivity index (χ3n) is 9.47. The van der Waals surface area contributed by atoms with Crippen LogP contribution in [-0.2, 0) is 32.8 Å². The summed E-state index contributed by atoms with van der Waals surface area (Å²) in [4.78, 5) is 11.0. The fraction of sp³-hybridized carbons (Fsp3) is 0.500. The van der Waals surface area contributed by atoms with Gasteiger partial charge in [0.25, 0.3) is 0 Å². The monoisotopic (exact) mass is 775 g/mol. The molecule has 8 rings (SSSR count). The Labute approximate surface area is 307 Å². The molecule has 0 bridgehead atoms. The van der Waals surface area contributed by atoms with E-state index in [0.717, 1.165) is 9.79 Å². The van der Waals surface area contributed by atoms with E-state index in [1.54, 1.807) is 15.5 Å². The third kappa shape index (κ3) is 6.85. The van der Waals surface area contributed by atoms with E-state index in [9.17, 15) is 15.1 Å². The van der Waals surface area contributed by atoms with E-state index in [4.69, 9.17) is 44.8 Å². The molecule has 13 nitrogen and oxygen atoms in total. The van der Waals surface area contributed by atoms with E-state index in [0.29, 0.717) is 12.1 Å². The van der Waals surface area contributed by atoms with Gasteiger partial charge in [-0.15, -0.1) is 0 Å². The smallest absolute Gasteiger partial charge is 0.322 e. The van der Waals surface area contributed by atoms with Crippen molar-refractivity contribution < 1.29 is 37.9 Å². The largest absolute Gasteiger partial charge is 0.396 e. The van der Waals surface area contributed by atoms with Crippen LogP contribution in [0.4, 0.5) is 0 Å². The van der Waals surface area contributed by atoms with E-state index in [2.05, 4.69) is 4.98 Å². The van der Waals surface area contributed by atoms with Crippen LogP contribution in [0.25, 0.3) is 11.2 Å². The highest BCUT2D eigenvalue weighted by atomic mass is 35.5. The second kappa shape index (κ2) is 13.5. The molecule has 17 heteroatoms. The van der Waals surface area contributed by atoms with Gasteiger partial charge in [0.15, 0.2) is 34.5 Å². The Hall–Kier alpha value is -2.27. The molecule has 0 amide bonds. The van der Waals surface area contributed by atoms with Crippen molar-refractivity contribution >= 4 is 51.3 Å². The molecule has 0 radical (unpaired) electrons. The van der Waals surface area contributed by atoms with E-state index >= 15 is 0 Å². The Kier molecular flexibility index (Phi) is 9.49. The second-order valence-electron chi connectivity index (χ2n) is 13.9. The maximum absolute atomic E-state index is 14.5. The lowest BCUT2D eigenvalue weighted by atomic mass is 10.1. The molecule has 0 unspecified atom stereocenters. The minimum Gasteiger partial charge on any atom is -0.396 e. The Morgan fingerprint density at radius 3 is 2.16 bits per heavy atom. The van der Waals surface area contributed by atoms with Gasteiger partial charge >= 0.3 is 5.77 Å². The number of nitrogens with zero attached hydrogens (tertiary/aromatic N) is 4. The van der Waals surface area contributed by atoms with Gasteiger partial charge in [0.05, 0.1) is 25.1 Å². The number of aliphatic hydroxyl groups is 1.